The molecule has 78 valence electrons. The average Bonchev–Trinajstić information content (AvgIpc) is 2.55. The lowest BCUT2D eigenvalue weighted by Gasteiger charge is -2.31. The Balaban J connectivity index is 2.11. The summed E-state index contributed by atoms with van der Waals surface area (Å²) in [6, 6.07) is 1.94. The number of ether oxygens (including phenoxy) is 1. The van der Waals surface area contributed by atoms with Crippen molar-refractivity contribution in [3.05, 3.63) is 24.0 Å². The van der Waals surface area contributed by atoms with Crippen LogP contribution in [0.15, 0.2) is 18.5 Å². The number of hydrogen-bond acceptors (Lipinski definition) is 3. The minimum atomic E-state index is -0.351. The molecule has 2 aliphatic rings. The summed E-state index contributed by atoms with van der Waals surface area (Å²) in [5, 5.41) is 2.90. The lowest BCUT2D eigenvalue weighted by Crippen LogP contribution is -2.39. The SMILES string of the molecule is O=C1Nc2cnccc2C12CCOCC2. The van der Waals surface area contributed by atoms with E-state index in [4.69, 9.17) is 4.74 Å². The Morgan fingerprint density at radius 1 is 1.40 bits per heavy atom. The third-order valence-corrected chi connectivity index (χ3v) is 3.37. The van der Waals surface area contributed by atoms with E-state index in [9.17, 15) is 4.79 Å². The maximum atomic E-state index is 12.0. The number of hydrogen-bond donors (Lipinski definition) is 1. The van der Waals surface area contributed by atoms with E-state index in [1.54, 1.807) is 12.4 Å². The Morgan fingerprint density at radius 3 is 3.00 bits per heavy atom. The number of carbonyl (C=O) groups is 1. The van der Waals surface area contributed by atoms with Crippen molar-refractivity contribution in [3.8, 4) is 0 Å². The molecule has 2 aliphatic heterocycles. The number of pyridine rings is 1. The van der Waals surface area contributed by atoms with Gasteiger partial charge in [0.05, 0.1) is 17.3 Å². The van der Waals surface area contributed by atoms with Gasteiger partial charge in [0.1, 0.15) is 0 Å². The van der Waals surface area contributed by atoms with Crippen molar-refractivity contribution >= 4 is 11.6 Å². The Kier molecular flexibility index (Phi) is 1.79. The molecule has 3 rings (SSSR count). The highest BCUT2D eigenvalue weighted by molar-refractivity contribution is 6.06. The van der Waals surface area contributed by atoms with Crippen molar-refractivity contribution in [1.29, 1.82) is 0 Å². The number of rotatable bonds is 0. The van der Waals surface area contributed by atoms with Gasteiger partial charge in [-0.15, -0.1) is 0 Å². The van der Waals surface area contributed by atoms with Gasteiger partial charge in [-0.3, -0.25) is 9.78 Å². The van der Waals surface area contributed by atoms with Gasteiger partial charge < -0.3 is 10.1 Å². The van der Waals surface area contributed by atoms with Gasteiger partial charge in [0.25, 0.3) is 0 Å². The fraction of sp³-hybridized carbons (Fsp3) is 0.455. The molecule has 1 N–H and O–H groups in total. The van der Waals surface area contributed by atoms with Crippen LogP contribution in [0.25, 0.3) is 0 Å². The van der Waals surface area contributed by atoms with Gasteiger partial charge in [-0.05, 0) is 24.5 Å². The third-order valence-electron chi connectivity index (χ3n) is 3.37. The molecule has 0 atom stereocenters. The van der Waals surface area contributed by atoms with E-state index < -0.39 is 0 Å². The topological polar surface area (TPSA) is 51.2 Å². The standard InChI is InChI=1S/C11H12N2O2/c14-10-11(2-5-15-6-3-11)8-1-4-12-7-9(8)13-10/h1,4,7H,2-3,5-6H2,(H,13,14). The predicted octanol–water partition coefficient (Wildman–Crippen LogP) is 1.08. The fourth-order valence-electron chi connectivity index (χ4n) is 2.49. The second kappa shape index (κ2) is 3.03. The first kappa shape index (κ1) is 8.85. The number of nitrogens with one attached hydrogen (secondary N) is 1. The molecule has 1 fully saturated rings. The van der Waals surface area contributed by atoms with Crippen molar-refractivity contribution < 1.29 is 9.53 Å². The lowest BCUT2D eigenvalue weighted by molar-refractivity contribution is -0.124. The number of aromatic nitrogens is 1. The molecule has 15 heavy (non-hydrogen) atoms. The molecule has 0 radical (unpaired) electrons. The zero-order chi connectivity index (χ0) is 10.3. The molecule has 3 heterocycles. The summed E-state index contributed by atoms with van der Waals surface area (Å²) < 4.78 is 5.32. The van der Waals surface area contributed by atoms with Gasteiger partial charge in [0.15, 0.2) is 0 Å². The van der Waals surface area contributed by atoms with Crippen LogP contribution in [0.4, 0.5) is 5.69 Å². The molecule has 1 aromatic heterocycles. The lowest BCUT2D eigenvalue weighted by atomic mass is 9.75. The molecule has 1 amide bonds. The van der Waals surface area contributed by atoms with E-state index in [1.807, 2.05) is 6.07 Å². The Labute approximate surface area is 87.7 Å². The summed E-state index contributed by atoms with van der Waals surface area (Å²) >= 11 is 0. The first-order valence-electron chi connectivity index (χ1n) is 5.17. The minimum Gasteiger partial charge on any atom is -0.381 e. The maximum Gasteiger partial charge on any atom is 0.235 e. The van der Waals surface area contributed by atoms with Crippen molar-refractivity contribution in [2.45, 2.75) is 18.3 Å². The molecular weight excluding hydrogens is 192 g/mol. The summed E-state index contributed by atoms with van der Waals surface area (Å²) in [5.74, 6) is 0.105. The largest absolute Gasteiger partial charge is 0.381 e. The van der Waals surface area contributed by atoms with Crippen molar-refractivity contribution in [1.82, 2.24) is 4.98 Å². The van der Waals surface area contributed by atoms with Crippen LogP contribution in [-0.4, -0.2) is 24.1 Å². The Morgan fingerprint density at radius 2 is 2.20 bits per heavy atom. The summed E-state index contributed by atoms with van der Waals surface area (Å²) in [6.07, 6.45) is 5.01. The van der Waals surface area contributed by atoms with Crippen LogP contribution in [0.5, 0.6) is 0 Å². The Hall–Kier alpha value is -1.42. The molecule has 4 nitrogen and oxygen atoms in total. The maximum absolute atomic E-state index is 12.0. The molecule has 1 aromatic rings. The molecular formula is C11H12N2O2. The van der Waals surface area contributed by atoms with Crippen LogP contribution >= 0.6 is 0 Å². The second-order valence-corrected chi connectivity index (χ2v) is 4.07. The first-order chi connectivity index (χ1) is 7.33. The minimum absolute atomic E-state index is 0.105. The monoisotopic (exact) mass is 204 g/mol. The van der Waals surface area contributed by atoms with Crippen LogP contribution in [0.1, 0.15) is 18.4 Å². The molecule has 1 spiro atoms. The van der Waals surface area contributed by atoms with Gasteiger partial charge in [-0.25, -0.2) is 0 Å². The summed E-state index contributed by atoms with van der Waals surface area (Å²) in [6.45, 7) is 1.32. The number of fused-ring (bicyclic) bond motifs is 2. The van der Waals surface area contributed by atoms with Crippen LogP contribution in [0.2, 0.25) is 0 Å². The van der Waals surface area contributed by atoms with Gasteiger partial charge >= 0.3 is 0 Å². The molecule has 0 saturated carbocycles. The quantitative estimate of drug-likeness (QED) is 0.688. The number of anilines is 1. The van der Waals surface area contributed by atoms with Crippen LogP contribution in [0, 0.1) is 0 Å². The fourth-order valence-corrected chi connectivity index (χ4v) is 2.49. The van der Waals surface area contributed by atoms with Gasteiger partial charge in [0.2, 0.25) is 5.91 Å². The molecule has 0 unspecified atom stereocenters. The van der Waals surface area contributed by atoms with E-state index in [-0.39, 0.29) is 11.3 Å². The van der Waals surface area contributed by atoms with Crippen LogP contribution in [-0.2, 0) is 14.9 Å². The van der Waals surface area contributed by atoms with E-state index in [0.29, 0.717) is 13.2 Å². The van der Waals surface area contributed by atoms with E-state index in [0.717, 1.165) is 24.1 Å². The van der Waals surface area contributed by atoms with E-state index in [1.165, 1.54) is 0 Å². The normalized spacial score (nSPS) is 22.5. The summed E-state index contributed by atoms with van der Waals surface area (Å²) in [5.41, 5.74) is 1.60. The van der Waals surface area contributed by atoms with Crippen molar-refractivity contribution in [3.63, 3.8) is 0 Å². The number of carbonyl (C=O) groups excluding carboxylic acids is 1. The highest BCUT2D eigenvalue weighted by Gasteiger charge is 2.47. The van der Waals surface area contributed by atoms with Gasteiger partial charge in [0, 0.05) is 19.4 Å². The van der Waals surface area contributed by atoms with Crippen molar-refractivity contribution in [2.75, 3.05) is 18.5 Å². The Bertz CT molecular complexity index is 411. The predicted molar refractivity (Wildman–Crippen MR) is 54.6 cm³/mol. The number of nitrogens with zero attached hydrogens (tertiary/aromatic N) is 1. The molecule has 1 saturated heterocycles. The highest BCUT2D eigenvalue weighted by Crippen LogP contribution is 2.43. The van der Waals surface area contributed by atoms with Gasteiger partial charge in [-0.1, -0.05) is 0 Å². The van der Waals surface area contributed by atoms with E-state index >= 15 is 0 Å². The highest BCUT2D eigenvalue weighted by atomic mass is 16.5. The molecule has 4 heteroatoms. The molecule has 0 aromatic carbocycles. The smallest absolute Gasteiger partial charge is 0.235 e. The summed E-state index contributed by atoms with van der Waals surface area (Å²) in [7, 11) is 0. The third kappa shape index (κ3) is 1.11. The average molecular weight is 204 g/mol. The number of amides is 1. The second-order valence-electron chi connectivity index (χ2n) is 4.07. The zero-order valence-electron chi connectivity index (χ0n) is 8.32. The first-order valence-corrected chi connectivity index (χ1v) is 5.17. The van der Waals surface area contributed by atoms with E-state index in [2.05, 4.69) is 10.3 Å². The molecule has 0 bridgehead atoms. The van der Waals surface area contributed by atoms with Gasteiger partial charge in [-0.2, -0.15) is 0 Å². The molecule has 0 aliphatic carbocycles. The van der Waals surface area contributed by atoms with Crippen LogP contribution < -0.4 is 5.32 Å². The van der Waals surface area contributed by atoms with Crippen LogP contribution in [0.3, 0.4) is 0 Å². The zero-order valence-corrected chi connectivity index (χ0v) is 8.32. The summed E-state index contributed by atoms with van der Waals surface area (Å²) in [4.78, 5) is 16.0. The van der Waals surface area contributed by atoms with Crippen molar-refractivity contribution in [2.24, 2.45) is 0 Å².